The Labute approximate surface area is 276 Å². The van der Waals surface area contributed by atoms with E-state index in [9.17, 15) is 44.3 Å². The number of halogens is 9. The molecule has 11 nitrogen and oxygen atoms in total. The van der Waals surface area contributed by atoms with Crippen LogP contribution in [0.3, 0.4) is 0 Å². The van der Waals surface area contributed by atoms with Crippen LogP contribution in [0, 0.1) is 0 Å². The Morgan fingerprint density at radius 3 is 1.68 bits per heavy atom. The van der Waals surface area contributed by atoms with Gasteiger partial charge < -0.3 is 25.1 Å². The molecule has 4 heterocycles. The monoisotopic (exact) mass is 726 g/mol. The van der Waals surface area contributed by atoms with Crippen molar-refractivity contribution in [2.75, 3.05) is 24.5 Å². The number of likely N-dealkylation sites (tertiary alicyclic amines) is 1. The Morgan fingerprint density at radius 2 is 1.20 bits per heavy atom. The third kappa shape index (κ3) is 12.2. The summed E-state index contributed by atoms with van der Waals surface area (Å²) in [5.41, 5.74) is 4.51. The van der Waals surface area contributed by atoms with Gasteiger partial charge in [0.05, 0.1) is 23.2 Å². The molecule has 1 saturated heterocycles. The number of hydrogen-bond acceptors (Lipinski definition) is 7. The number of amides is 1. The molecule has 20 heteroatoms. The zero-order valence-electron chi connectivity index (χ0n) is 25.3. The summed E-state index contributed by atoms with van der Waals surface area (Å²) in [6.07, 6.45) is -8.22. The first-order valence-corrected chi connectivity index (χ1v) is 13.9. The average molecular weight is 727 g/mol. The molecule has 3 aromatic rings. The fourth-order valence-corrected chi connectivity index (χ4v) is 4.73. The van der Waals surface area contributed by atoms with E-state index in [0.717, 1.165) is 43.9 Å². The smallest absolute Gasteiger partial charge is 0.475 e. The van der Waals surface area contributed by atoms with Gasteiger partial charge in [-0.2, -0.15) is 39.5 Å². The second kappa shape index (κ2) is 16.8. The molecule has 0 aliphatic carbocycles. The second-order valence-corrected chi connectivity index (χ2v) is 10.5. The standard InChI is InChI=1S/C24H24N4O.3C2HF3O2/c29-22(14-19-6-2-1-3-7-19)27-13-10-24(17-27)18-28(16-20-8-4-11-25-15-20)21-9-5-12-26-23(21)24;3*3-2(4,5)1(6)7/h1-9,11-12,15H,10,13-14,16-18H2;3*(H,6,7). The van der Waals surface area contributed by atoms with Gasteiger partial charge in [-0.05, 0) is 35.7 Å². The lowest BCUT2D eigenvalue weighted by Crippen LogP contribution is -2.38. The molecule has 1 aromatic carbocycles. The highest BCUT2D eigenvalue weighted by atomic mass is 19.4. The van der Waals surface area contributed by atoms with Crippen molar-refractivity contribution >= 4 is 29.5 Å². The van der Waals surface area contributed by atoms with E-state index in [1.165, 1.54) is 11.3 Å². The van der Waals surface area contributed by atoms with Crippen LogP contribution in [-0.4, -0.2) is 92.2 Å². The molecule has 272 valence electrons. The third-order valence-electron chi connectivity index (χ3n) is 6.85. The first kappa shape index (κ1) is 40.7. The van der Waals surface area contributed by atoms with E-state index in [2.05, 4.69) is 22.0 Å². The van der Waals surface area contributed by atoms with Gasteiger partial charge >= 0.3 is 36.4 Å². The van der Waals surface area contributed by atoms with Crippen molar-refractivity contribution in [2.45, 2.75) is 43.3 Å². The lowest BCUT2D eigenvalue weighted by Gasteiger charge is -2.26. The van der Waals surface area contributed by atoms with E-state index < -0.39 is 36.4 Å². The number of pyridine rings is 2. The molecule has 50 heavy (non-hydrogen) atoms. The van der Waals surface area contributed by atoms with Gasteiger partial charge in [0.1, 0.15) is 0 Å². The van der Waals surface area contributed by atoms with E-state index in [1.807, 2.05) is 59.8 Å². The minimum absolute atomic E-state index is 0.0782. The lowest BCUT2D eigenvalue weighted by atomic mass is 9.85. The van der Waals surface area contributed by atoms with Crippen LogP contribution in [0.2, 0.25) is 0 Å². The van der Waals surface area contributed by atoms with Crippen molar-refractivity contribution in [1.82, 2.24) is 14.9 Å². The van der Waals surface area contributed by atoms with E-state index >= 15 is 0 Å². The molecule has 1 atom stereocenters. The van der Waals surface area contributed by atoms with Crippen LogP contribution in [0.25, 0.3) is 0 Å². The predicted octanol–water partition coefficient (Wildman–Crippen LogP) is 5.11. The number of carbonyl (C=O) groups excluding carboxylic acids is 1. The summed E-state index contributed by atoms with van der Waals surface area (Å²) in [6, 6.07) is 18.2. The largest absolute Gasteiger partial charge is 0.490 e. The normalized spacial score (nSPS) is 16.5. The van der Waals surface area contributed by atoms with Crippen molar-refractivity contribution in [3.63, 3.8) is 0 Å². The maximum Gasteiger partial charge on any atom is 0.490 e. The Kier molecular flexibility index (Phi) is 13.7. The average Bonchev–Trinajstić information content (AvgIpc) is 3.59. The zero-order valence-corrected chi connectivity index (χ0v) is 25.3. The van der Waals surface area contributed by atoms with Crippen molar-refractivity contribution < 1.29 is 74.0 Å². The number of anilines is 1. The van der Waals surface area contributed by atoms with Crippen LogP contribution in [-0.2, 0) is 37.6 Å². The minimum Gasteiger partial charge on any atom is -0.475 e. The summed E-state index contributed by atoms with van der Waals surface area (Å²) in [6.45, 7) is 3.24. The fourth-order valence-electron chi connectivity index (χ4n) is 4.73. The topological polar surface area (TPSA) is 161 Å². The number of alkyl halides is 9. The van der Waals surface area contributed by atoms with E-state index in [4.69, 9.17) is 34.7 Å². The van der Waals surface area contributed by atoms with Crippen LogP contribution in [0.15, 0.2) is 73.2 Å². The maximum atomic E-state index is 12.9. The molecule has 0 saturated carbocycles. The van der Waals surface area contributed by atoms with Gasteiger partial charge in [0, 0.05) is 44.8 Å². The summed E-state index contributed by atoms with van der Waals surface area (Å²) in [5.74, 6) is -8.07. The summed E-state index contributed by atoms with van der Waals surface area (Å²) in [5, 5.41) is 21.4. The third-order valence-corrected chi connectivity index (χ3v) is 6.85. The molecule has 0 bridgehead atoms. The molecule has 1 amide bonds. The molecule has 5 rings (SSSR count). The number of carboxylic acid groups (broad SMARTS) is 3. The van der Waals surface area contributed by atoms with Crippen molar-refractivity contribution in [1.29, 1.82) is 0 Å². The Bertz CT molecular complexity index is 1550. The van der Waals surface area contributed by atoms with Crippen LogP contribution < -0.4 is 4.90 Å². The number of fused-ring (bicyclic) bond motifs is 2. The number of aliphatic carboxylic acids is 3. The molecule has 0 radical (unpaired) electrons. The second-order valence-electron chi connectivity index (χ2n) is 10.5. The van der Waals surface area contributed by atoms with Gasteiger partial charge in [-0.1, -0.05) is 36.4 Å². The van der Waals surface area contributed by atoms with Gasteiger partial charge in [0.25, 0.3) is 0 Å². The molecular formula is C30H27F9N4O7. The molecule has 2 aliphatic heterocycles. The van der Waals surface area contributed by atoms with E-state index in [0.29, 0.717) is 6.42 Å². The number of nitrogens with zero attached hydrogens (tertiary/aromatic N) is 4. The summed E-state index contributed by atoms with van der Waals surface area (Å²) in [4.78, 5) is 53.1. The molecule has 2 aliphatic rings. The molecule has 2 aromatic heterocycles. The highest BCUT2D eigenvalue weighted by Gasteiger charge is 2.49. The Morgan fingerprint density at radius 1 is 0.700 bits per heavy atom. The number of benzene rings is 1. The first-order valence-electron chi connectivity index (χ1n) is 13.9. The summed E-state index contributed by atoms with van der Waals surface area (Å²) in [7, 11) is 0. The van der Waals surface area contributed by atoms with Gasteiger partial charge in [-0.3, -0.25) is 14.8 Å². The van der Waals surface area contributed by atoms with Gasteiger partial charge in [0.2, 0.25) is 5.91 Å². The SMILES string of the molecule is O=C(Cc1ccccc1)N1CCC2(C1)CN(Cc1cccnc1)c1cccnc12.O=C(O)C(F)(F)F.O=C(O)C(F)(F)F.O=C(O)C(F)(F)F. The highest BCUT2D eigenvalue weighted by molar-refractivity contribution is 5.79. The molecular weight excluding hydrogens is 699 g/mol. The number of hydrogen-bond donors (Lipinski definition) is 3. The van der Waals surface area contributed by atoms with Gasteiger partial charge in [-0.15, -0.1) is 0 Å². The minimum atomic E-state index is -5.08. The van der Waals surface area contributed by atoms with Crippen LogP contribution >= 0.6 is 0 Å². The van der Waals surface area contributed by atoms with Crippen molar-refractivity contribution in [3.8, 4) is 0 Å². The van der Waals surface area contributed by atoms with Crippen LogP contribution in [0.5, 0.6) is 0 Å². The molecule has 1 unspecified atom stereocenters. The number of aromatic nitrogens is 2. The Hall–Kier alpha value is -5.43. The molecule has 3 N–H and O–H groups in total. The number of rotatable bonds is 4. The van der Waals surface area contributed by atoms with Gasteiger partial charge in [-0.25, -0.2) is 14.4 Å². The molecule has 1 spiro atoms. The lowest BCUT2D eigenvalue weighted by molar-refractivity contribution is -0.193. The van der Waals surface area contributed by atoms with Crippen molar-refractivity contribution in [2.24, 2.45) is 0 Å². The number of carboxylic acids is 3. The van der Waals surface area contributed by atoms with Crippen molar-refractivity contribution in [3.05, 3.63) is 90.0 Å². The number of carbonyl (C=O) groups is 4. The Balaban J connectivity index is 0.000000338. The first-order chi connectivity index (χ1) is 23.1. The fraction of sp³-hybridized carbons (Fsp3) is 0.333. The van der Waals surface area contributed by atoms with Gasteiger partial charge in [0.15, 0.2) is 0 Å². The van der Waals surface area contributed by atoms with Crippen LogP contribution in [0.4, 0.5) is 45.2 Å². The maximum absolute atomic E-state index is 12.9. The summed E-state index contributed by atoms with van der Waals surface area (Å²) < 4.78 is 95.2. The quantitative estimate of drug-likeness (QED) is 0.309. The predicted molar refractivity (Wildman–Crippen MR) is 154 cm³/mol. The van der Waals surface area contributed by atoms with Crippen LogP contribution in [0.1, 0.15) is 23.2 Å². The molecule has 1 fully saturated rings. The van der Waals surface area contributed by atoms with E-state index in [1.54, 1.807) is 6.20 Å². The summed E-state index contributed by atoms with van der Waals surface area (Å²) >= 11 is 0. The zero-order chi connectivity index (χ0) is 37.9. The highest BCUT2D eigenvalue weighted by Crippen LogP contribution is 2.45. The van der Waals surface area contributed by atoms with E-state index in [-0.39, 0.29) is 11.3 Å².